The third-order valence-corrected chi connectivity index (χ3v) is 3.23. The van der Waals surface area contributed by atoms with Gasteiger partial charge in [0.2, 0.25) is 0 Å². The lowest BCUT2D eigenvalue weighted by atomic mass is 9.98. The van der Waals surface area contributed by atoms with Gasteiger partial charge >= 0.3 is 0 Å². The number of hydrogen-bond donors (Lipinski definition) is 2. The zero-order valence-electron chi connectivity index (χ0n) is 10.1. The molecule has 2 atom stereocenters. The number of aryl methyl sites for hydroxylation is 2. The first-order valence-electron chi connectivity index (χ1n) is 5.38. The van der Waals surface area contributed by atoms with Crippen LogP contribution in [-0.2, 0) is 13.5 Å². The molecule has 0 aliphatic heterocycles. The van der Waals surface area contributed by atoms with Crippen LogP contribution < -0.4 is 0 Å². The summed E-state index contributed by atoms with van der Waals surface area (Å²) in [5, 5.41) is 24.3. The molecule has 2 unspecified atom stereocenters. The molecular formula is C11H19ClN2O2. The molecule has 1 heterocycles. The van der Waals surface area contributed by atoms with Crippen molar-refractivity contribution in [2.75, 3.05) is 0 Å². The van der Waals surface area contributed by atoms with E-state index in [9.17, 15) is 10.2 Å². The Hall–Kier alpha value is -0.580. The highest BCUT2D eigenvalue weighted by molar-refractivity contribution is 6.31. The molecule has 0 fully saturated rings. The van der Waals surface area contributed by atoms with E-state index in [1.165, 1.54) is 0 Å². The highest BCUT2D eigenvalue weighted by Crippen LogP contribution is 2.22. The van der Waals surface area contributed by atoms with Crippen LogP contribution in [0.2, 0.25) is 5.02 Å². The minimum Gasteiger partial charge on any atom is -0.390 e. The van der Waals surface area contributed by atoms with Gasteiger partial charge < -0.3 is 10.2 Å². The van der Waals surface area contributed by atoms with Crippen LogP contribution in [0.1, 0.15) is 25.2 Å². The lowest BCUT2D eigenvalue weighted by Crippen LogP contribution is -2.33. The van der Waals surface area contributed by atoms with E-state index in [1.54, 1.807) is 11.7 Å². The maximum absolute atomic E-state index is 9.85. The Labute approximate surface area is 101 Å². The molecule has 0 aliphatic carbocycles. The fraction of sp³-hybridized carbons (Fsp3) is 0.727. The van der Waals surface area contributed by atoms with Crippen molar-refractivity contribution in [3.63, 3.8) is 0 Å². The Morgan fingerprint density at radius 1 is 1.38 bits per heavy atom. The van der Waals surface area contributed by atoms with Crippen LogP contribution in [0.4, 0.5) is 0 Å². The first-order chi connectivity index (χ1) is 7.34. The van der Waals surface area contributed by atoms with Crippen molar-refractivity contribution in [1.82, 2.24) is 9.78 Å². The number of aromatic nitrogens is 2. The molecular weight excluding hydrogens is 228 g/mol. The summed E-state index contributed by atoms with van der Waals surface area (Å²) in [5.74, 6) is 0.0168. The summed E-state index contributed by atoms with van der Waals surface area (Å²) < 4.78 is 1.65. The highest BCUT2D eigenvalue weighted by Gasteiger charge is 2.23. The van der Waals surface area contributed by atoms with E-state index in [4.69, 9.17) is 11.6 Å². The van der Waals surface area contributed by atoms with Crippen molar-refractivity contribution < 1.29 is 10.2 Å². The molecule has 1 rings (SSSR count). The Balaban J connectivity index is 2.80. The van der Waals surface area contributed by atoms with Gasteiger partial charge in [0.25, 0.3) is 0 Å². The third kappa shape index (κ3) is 2.75. The average Bonchev–Trinajstić information content (AvgIpc) is 2.43. The summed E-state index contributed by atoms with van der Waals surface area (Å²) in [5.41, 5.74) is 1.50. The predicted octanol–water partition coefficient (Wildman–Crippen LogP) is 1.30. The smallest absolute Gasteiger partial charge is 0.0857 e. The molecule has 0 amide bonds. The normalized spacial score (nSPS) is 15.5. The fourth-order valence-electron chi connectivity index (χ4n) is 1.66. The average molecular weight is 247 g/mol. The van der Waals surface area contributed by atoms with Gasteiger partial charge in [-0.1, -0.05) is 25.4 Å². The van der Waals surface area contributed by atoms with E-state index in [0.29, 0.717) is 11.4 Å². The lowest BCUT2D eigenvalue weighted by molar-refractivity contribution is -0.00816. The maximum Gasteiger partial charge on any atom is 0.0857 e. The molecule has 92 valence electrons. The highest BCUT2D eigenvalue weighted by atomic mass is 35.5. The number of nitrogens with zero attached hydrogens (tertiary/aromatic N) is 2. The van der Waals surface area contributed by atoms with E-state index in [-0.39, 0.29) is 5.92 Å². The van der Waals surface area contributed by atoms with Gasteiger partial charge in [0.05, 0.1) is 28.6 Å². The van der Waals surface area contributed by atoms with Crippen LogP contribution >= 0.6 is 11.6 Å². The van der Waals surface area contributed by atoms with Gasteiger partial charge in [-0.2, -0.15) is 5.10 Å². The summed E-state index contributed by atoms with van der Waals surface area (Å²) in [4.78, 5) is 0. The maximum atomic E-state index is 9.85. The Morgan fingerprint density at radius 3 is 2.31 bits per heavy atom. The summed E-state index contributed by atoms with van der Waals surface area (Å²) >= 11 is 6.07. The van der Waals surface area contributed by atoms with Crippen molar-refractivity contribution in [2.24, 2.45) is 13.0 Å². The molecule has 0 radical (unpaired) electrons. The molecule has 5 heteroatoms. The standard InChI is InChI=1S/C11H19ClN2O2/c1-6(2)11(16)9(15)5-8-10(12)7(3)13-14(8)4/h6,9,11,15-16H,5H2,1-4H3. The van der Waals surface area contributed by atoms with E-state index in [0.717, 1.165) is 11.4 Å². The number of halogens is 1. The summed E-state index contributed by atoms with van der Waals surface area (Å²) in [7, 11) is 1.78. The molecule has 16 heavy (non-hydrogen) atoms. The largest absolute Gasteiger partial charge is 0.390 e. The fourth-order valence-corrected chi connectivity index (χ4v) is 1.90. The van der Waals surface area contributed by atoms with Crippen LogP contribution in [0.15, 0.2) is 0 Å². The second kappa shape index (κ2) is 5.17. The molecule has 4 nitrogen and oxygen atoms in total. The molecule has 0 saturated carbocycles. The minimum atomic E-state index is -0.813. The number of aliphatic hydroxyl groups is 2. The topological polar surface area (TPSA) is 58.3 Å². The Morgan fingerprint density at radius 2 is 1.94 bits per heavy atom. The molecule has 0 saturated heterocycles. The van der Waals surface area contributed by atoms with Crippen LogP contribution in [0.3, 0.4) is 0 Å². The van der Waals surface area contributed by atoms with Gasteiger partial charge in [-0.3, -0.25) is 4.68 Å². The van der Waals surface area contributed by atoms with Gasteiger partial charge in [-0.15, -0.1) is 0 Å². The third-order valence-electron chi connectivity index (χ3n) is 2.74. The van der Waals surface area contributed by atoms with Crippen LogP contribution in [0.5, 0.6) is 0 Å². The van der Waals surface area contributed by atoms with E-state index < -0.39 is 12.2 Å². The number of rotatable bonds is 4. The second-order valence-corrected chi connectivity index (χ2v) is 4.85. The zero-order chi connectivity index (χ0) is 12.5. The van der Waals surface area contributed by atoms with E-state index >= 15 is 0 Å². The predicted molar refractivity (Wildman–Crippen MR) is 63.5 cm³/mol. The lowest BCUT2D eigenvalue weighted by Gasteiger charge is -2.21. The van der Waals surface area contributed by atoms with Crippen molar-refractivity contribution in [3.05, 3.63) is 16.4 Å². The first kappa shape index (κ1) is 13.5. The summed E-state index contributed by atoms with van der Waals surface area (Å²) in [6.07, 6.45) is -1.24. The molecule has 0 spiro atoms. The summed E-state index contributed by atoms with van der Waals surface area (Å²) in [6.45, 7) is 5.55. The van der Waals surface area contributed by atoms with Crippen molar-refractivity contribution in [3.8, 4) is 0 Å². The molecule has 0 aliphatic rings. The zero-order valence-corrected chi connectivity index (χ0v) is 10.9. The molecule has 1 aromatic rings. The second-order valence-electron chi connectivity index (χ2n) is 4.48. The minimum absolute atomic E-state index is 0.0168. The Kier molecular flexibility index (Phi) is 4.35. The Bertz CT molecular complexity index is 363. The molecule has 1 aromatic heterocycles. The number of aliphatic hydroxyl groups excluding tert-OH is 2. The van der Waals surface area contributed by atoms with Crippen LogP contribution in [0, 0.1) is 12.8 Å². The first-order valence-corrected chi connectivity index (χ1v) is 5.76. The van der Waals surface area contributed by atoms with Crippen molar-refractivity contribution in [1.29, 1.82) is 0 Å². The molecule has 0 bridgehead atoms. The van der Waals surface area contributed by atoms with Crippen LogP contribution in [-0.4, -0.2) is 32.2 Å². The summed E-state index contributed by atoms with van der Waals surface area (Å²) in [6, 6.07) is 0. The van der Waals surface area contributed by atoms with E-state index in [1.807, 2.05) is 20.8 Å². The van der Waals surface area contributed by atoms with Gasteiger partial charge in [0.15, 0.2) is 0 Å². The van der Waals surface area contributed by atoms with Crippen molar-refractivity contribution >= 4 is 11.6 Å². The molecule has 2 N–H and O–H groups in total. The molecule has 0 aromatic carbocycles. The van der Waals surface area contributed by atoms with Gasteiger partial charge in [-0.05, 0) is 12.8 Å². The van der Waals surface area contributed by atoms with Gasteiger partial charge in [-0.25, -0.2) is 0 Å². The SMILES string of the molecule is Cc1nn(C)c(CC(O)C(O)C(C)C)c1Cl. The number of hydrogen-bond acceptors (Lipinski definition) is 3. The quantitative estimate of drug-likeness (QED) is 0.842. The van der Waals surface area contributed by atoms with Crippen LogP contribution in [0.25, 0.3) is 0 Å². The monoisotopic (exact) mass is 246 g/mol. The van der Waals surface area contributed by atoms with Gasteiger partial charge in [0, 0.05) is 13.5 Å². The van der Waals surface area contributed by atoms with Gasteiger partial charge in [0.1, 0.15) is 0 Å². The van der Waals surface area contributed by atoms with E-state index in [2.05, 4.69) is 5.10 Å². The van der Waals surface area contributed by atoms with Crippen molar-refractivity contribution in [2.45, 2.75) is 39.4 Å².